The van der Waals surface area contributed by atoms with Crippen molar-refractivity contribution in [2.45, 2.75) is 120 Å². The molecule has 1 saturated heterocycles. The van der Waals surface area contributed by atoms with E-state index in [2.05, 4.69) is 20.0 Å². The first-order valence-electron chi connectivity index (χ1n) is 20.0. The van der Waals surface area contributed by atoms with Crippen LogP contribution in [-0.2, 0) is 24.4 Å². The summed E-state index contributed by atoms with van der Waals surface area (Å²) >= 11 is 0. The highest BCUT2D eigenvalue weighted by Gasteiger charge is 2.64. The first kappa shape index (κ1) is 44.7. The van der Waals surface area contributed by atoms with Gasteiger partial charge in [0, 0.05) is 32.5 Å². The number of anilines is 1. The van der Waals surface area contributed by atoms with Crippen molar-refractivity contribution in [2.24, 2.45) is 17.8 Å². The number of sulfonamides is 1. The lowest BCUT2D eigenvalue weighted by molar-refractivity contribution is -0.222. The average Bonchev–Trinajstić information content (AvgIpc) is 4.03. The van der Waals surface area contributed by atoms with Gasteiger partial charge in [0.2, 0.25) is 33.7 Å². The molecule has 0 unspecified atom stereocenters. The van der Waals surface area contributed by atoms with Gasteiger partial charge in [-0.25, -0.2) is 18.2 Å². The van der Waals surface area contributed by atoms with E-state index in [1.807, 2.05) is 6.92 Å². The lowest BCUT2D eigenvalue weighted by atomic mass is 9.85. The fourth-order valence-corrected chi connectivity index (χ4v) is 9.54. The van der Waals surface area contributed by atoms with Crippen LogP contribution in [0.25, 0.3) is 10.9 Å². The summed E-state index contributed by atoms with van der Waals surface area (Å²) in [6.45, 7) is 5.87. The summed E-state index contributed by atoms with van der Waals surface area (Å²) in [6.07, 6.45) is -2.98. The molecule has 2 aliphatic carbocycles. The monoisotopic (exact) mass is 865 g/mol. The number of carboxylic acid groups (broad SMARTS) is 1. The molecule has 3 heterocycles. The number of alkyl halides is 3. The maximum atomic E-state index is 15.1. The minimum atomic E-state index is -5.11. The fourth-order valence-electron chi connectivity index (χ4n) is 8.23. The number of aromatic nitrogens is 2. The smallest absolute Gasteiger partial charge is 0.411 e. The number of benzene rings is 1. The summed E-state index contributed by atoms with van der Waals surface area (Å²) in [5, 5.41) is 13.7. The van der Waals surface area contributed by atoms with E-state index >= 15 is 4.79 Å². The van der Waals surface area contributed by atoms with Crippen LogP contribution in [0.15, 0.2) is 30.4 Å². The minimum Gasteiger partial charge on any atom is -0.497 e. The number of carbonyl (C=O) groups is 4. The Balaban J connectivity index is 1.45. The first-order chi connectivity index (χ1) is 27.9. The quantitative estimate of drug-likeness (QED) is 0.296. The van der Waals surface area contributed by atoms with Gasteiger partial charge in [-0.2, -0.15) is 18.2 Å². The van der Waals surface area contributed by atoms with Crippen LogP contribution >= 0.6 is 0 Å². The predicted molar refractivity (Wildman–Crippen MR) is 214 cm³/mol. The highest BCUT2D eigenvalue weighted by molar-refractivity contribution is 7.91. The number of fused-ring (bicyclic) bond motifs is 3. The predicted octanol–water partition coefficient (Wildman–Crippen LogP) is 4.63. The van der Waals surface area contributed by atoms with Crippen molar-refractivity contribution >= 4 is 50.7 Å². The molecule has 2 aliphatic heterocycles. The second-order valence-corrected chi connectivity index (χ2v) is 19.9. The summed E-state index contributed by atoms with van der Waals surface area (Å²) in [6, 6.07) is 1.57. The standard InChI is InChI=1S/C40H54F3N7O9S/c1-22-11-9-10-12-24-20-39(24,34(53)47-60(56,57)38(5)15-16-38)46-31(51)29-19-26(59-32-27-14-13-25(58-8)18-28(27)44-35(45-32)48(6)7)21-49(29)33(52)30(23(2)17-22)50(36(54)55)37(3,4)40(41,42)43/h10,12-14,18,22-24,26,29-30H,9,11,15-17,19-21H2,1-8H3,(H,46,51)(H,47,53)(H,54,55)/b12-10-/t22-,23-,24-,26-,29+,30+,39-/m1/s1. The minimum absolute atomic E-state index is 0.0411. The van der Waals surface area contributed by atoms with Crippen molar-refractivity contribution in [3.63, 3.8) is 0 Å². The van der Waals surface area contributed by atoms with Gasteiger partial charge in [-0.05, 0) is 83.3 Å². The summed E-state index contributed by atoms with van der Waals surface area (Å²) in [7, 11) is 0.779. The van der Waals surface area contributed by atoms with E-state index in [1.165, 1.54) is 21.0 Å². The van der Waals surface area contributed by atoms with Gasteiger partial charge in [-0.3, -0.25) is 24.0 Å². The summed E-state index contributed by atoms with van der Waals surface area (Å²) in [4.78, 5) is 68.6. The van der Waals surface area contributed by atoms with Gasteiger partial charge in [0.1, 0.15) is 35.0 Å². The van der Waals surface area contributed by atoms with Crippen molar-refractivity contribution in [3.8, 4) is 11.6 Å². The Morgan fingerprint density at radius 3 is 2.38 bits per heavy atom. The van der Waals surface area contributed by atoms with Crippen molar-refractivity contribution in [1.82, 2.24) is 29.8 Å². The molecule has 330 valence electrons. The van der Waals surface area contributed by atoms with Gasteiger partial charge in [0.05, 0.1) is 29.3 Å². The van der Waals surface area contributed by atoms with Crippen molar-refractivity contribution < 1.29 is 55.3 Å². The maximum absolute atomic E-state index is 15.1. The topological polar surface area (TPSA) is 201 Å². The summed E-state index contributed by atoms with van der Waals surface area (Å²) in [5.74, 6) is -3.88. The van der Waals surface area contributed by atoms with Crippen LogP contribution in [0.5, 0.6) is 11.6 Å². The zero-order chi connectivity index (χ0) is 44.3. The maximum Gasteiger partial charge on any atom is 0.411 e. The molecule has 4 amide bonds. The number of allylic oxidation sites excluding steroid dienone is 1. The number of ether oxygens (including phenoxy) is 2. The van der Waals surface area contributed by atoms with Crippen LogP contribution in [0, 0.1) is 17.8 Å². The molecular formula is C40H54F3N7O9S. The van der Waals surface area contributed by atoms with Gasteiger partial charge in [0.15, 0.2) is 0 Å². The van der Waals surface area contributed by atoms with Gasteiger partial charge in [-0.1, -0.05) is 26.0 Å². The Kier molecular flexibility index (Phi) is 11.8. The van der Waals surface area contributed by atoms with E-state index in [0.29, 0.717) is 56.2 Å². The molecule has 16 nitrogen and oxygen atoms in total. The Morgan fingerprint density at radius 2 is 1.78 bits per heavy atom. The highest BCUT2D eigenvalue weighted by atomic mass is 32.2. The highest BCUT2D eigenvalue weighted by Crippen LogP contribution is 2.48. The number of amides is 4. The van der Waals surface area contributed by atoms with E-state index in [4.69, 9.17) is 9.47 Å². The third-order valence-electron chi connectivity index (χ3n) is 12.5. The van der Waals surface area contributed by atoms with Crippen LogP contribution in [0.4, 0.5) is 23.9 Å². The Bertz CT molecular complexity index is 2180. The number of carbonyl (C=O) groups excluding carboxylic acids is 3. The zero-order valence-corrected chi connectivity index (χ0v) is 35.8. The molecule has 60 heavy (non-hydrogen) atoms. The second kappa shape index (κ2) is 15.9. The molecule has 1 aromatic carbocycles. The molecule has 20 heteroatoms. The van der Waals surface area contributed by atoms with E-state index in [-0.39, 0.29) is 48.5 Å². The molecule has 0 bridgehead atoms. The number of hydrogen-bond acceptors (Lipinski definition) is 11. The molecule has 6 rings (SSSR count). The van der Waals surface area contributed by atoms with Crippen molar-refractivity contribution in [2.75, 3.05) is 32.6 Å². The van der Waals surface area contributed by atoms with Crippen molar-refractivity contribution in [1.29, 1.82) is 0 Å². The van der Waals surface area contributed by atoms with Crippen LogP contribution in [-0.4, -0.2) is 125 Å². The van der Waals surface area contributed by atoms with E-state index in [1.54, 1.807) is 49.3 Å². The fraction of sp³-hybridized carbons (Fsp3) is 0.650. The summed E-state index contributed by atoms with van der Waals surface area (Å²) in [5.41, 5.74) is -4.34. The molecule has 3 fully saturated rings. The summed E-state index contributed by atoms with van der Waals surface area (Å²) < 4.78 is 83.6. The zero-order valence-electron chi connectivity index (χ0n) is 35.0. The molecule has 4 aliphatic rings. The van der Waals surface area contributed by atoms with Gasteiger partial charge >= 0.3 is 12.3 Å². The molecular weight excluding hydrogens is 812 g/mol. The van der Waals surface area contributed by atoms with E-state index in [0.717, 1.165) is 4.90 Å². The third kappa shape index (κ3) is 8.39. The van der Waals surface area contributed by atoms with E-state index < -0.39 is 85.9 Å². The molecule has 7 atom stereocenters. The number of hydrogen-bond donors (Lipinski definition) is 3. The normalized spacial score (nSPS) is 28.9. The number of rotatable bonds is 9. The molecule has 0 radical (unpaired) electrons. The van der Waals surface area contributed by atoms with E-state index in [9.17, 15) is 41.1 Å². The second-order valence-electron chi connectivity index (χ2n) is 17.7. The Morgan fingerprint density at radius 1 is 1.10 bits per heavy atom. The van der Waals surface area contributed by atoms with Gasteiger partial charge < -0.3 is 29.7 Å². The third-order valence-corrected chi connectivity index (χ3v) is 14.7. The van der Waals surface area contributed by atoms with Crippen LogP contribution in [0.2, 0.25) is 0 Å². The number of nitrogens with zero attached hydrogens (tertiary/aromatic N) is 5. The van der Waals surface area contributed by atoms with Crippen LogP contribution < -0.4 is 24.4 Å². The van der Waals surface area contributed by atoms with Gasteiger partial charge in [-0.15, -0.1) is 0 Å². The van der Waals surface area contributed by atoms with Gasteiger partial charge in [0.25, 0.3) is 5.91 Å². The average molecular weight is 866 g/mol. The molecule has 3 N–H and O–H groups in total. The lowest BCUT2D eigenvalue weighted by Gasteiger charge is -2.45. The molecule has 2 saturated carbocycles. The van der Waals surface area contributed by atoms with Crippen LogP contribution in [0.3, 0.4) is 0 Å². The Labute approximate surface area is 347 Å². The number of methoxy groups -OCH3 is 1. The lowest BCUT2D eigenvalue weighted by Crippen LogP contribution is -2.66. The van der Waals surface area contributed by atoms with Crippen molar-refractivity contribution in [3.05, 3.63) is 30.4 Å². The molecule has 1 aromatic heterocycles. The number of nitrogens with one attached hydrogen (secondary N) is 2. The molecule has 2 aromatic rings. The molecule has 0 spiro atoms. The largest absolute Gasteiger partial charge is 0.497 e. The first-order valence-corrected chi connectivity index (χ1v) is 21.5. The van der Waals surface area contributed by atoms with Crippen LogP contribution in [0.1, 0.15) is 79.6 Å². The SMILES string of the molecule is COc1ccc2c(O[C@@H]3C[C@H]4C(=O)N[C@]5(C(=O)NS(=O)(=O)C6(C)CC6)C[C@H]5/C=C\CC[C@@H](C)C[C@@H](C)[C@H](N(C(=O)O)C(C)(C)C(F)(F)F)C(=O)N4C3)nc(N(C)C)nc2c1. The Hall–Kier alpha value is -4.88. The number of halogens is 3.